The highest BCUT2D eigenvalue weighted by Crippen LogP contribution is 2.15. The highest BCUT2D eigenvalue weighted by atomic mass is 35.6. The zero-order valence-corrected chi connectivity index (χ0v) is 11.8. The molecule has 4 heteroatoms. The van der Waals surface area contributed by atoms with Crippen LogP contribution in [0.3, 0.4) is 0 Å². The molecule has 0 heterocycles. The summed E-state index contributed by atoms with van der Waals surface area (Å²) in [7, 11) is -2.34. The maximum Gasteiger partial charge on any atom is 0.150 e. The van der Waals surface area contributed by atoms with E-state index < -0.39 is 15.6 Å². The van der Waals surface area contributed by atoms with Gasteiger partial charge in [0, 0.05) is 0 Å². The minimum atomic E-state index is -1.31. The van der Waals surface area contributed by atoms with E-state index in [9.17, 15) is 0 Å². The molecular formula is C8H22ClNSi2. The number of nitrogens with one attached hydrogen (secondary N) is 1. The molecule has 0 aromatic rings. The van der Waals surface area contributed by atoms with Gasteiger partial charge in [-0.25, -0.2) is 0 Å². The molecule has 12 heavy (non-hydrogen) atoms. The number of halogens is 1. The second-order valence-corrected chi connectivity index (χ2v) is 16.9. The van der Waals surface area contributed by atoms with E-state index in [-0.39, 0.29) is 0 Å². The molecule has 0 aliphatic heterocycles. The lowest BCUT2D eigenvalue weighted by atomic mass is 10.5. The number of hydrogen-bond donors (Lipinski definition) is 1. The van der Waals surface area contributed by atoms with Crippen molar-refractivity contribution >= 4 is 26.7 Å². The summed E-state index contributed by atoms with van der Waals surface area (Å²) in [6.45, 7) is 12.6. The Labute approximate surface area is 83.7 Å². The van der Waals surface area contributed by atoms with Gasteiger partial charge in [0.05, 0.1) is 0 Å². The molecule has 0 aromatic carbocycles. The largest absolute Gasteiger partial charge is 0.337 e. The molecule has 0 radical (unpaired) electrons. The van der Waals surface area contributed by atoms with Crippen LogP contribution in [0, 0.1) is 0 Å². The van der Waals surface area contributed by atoms with Gasteiger partial charge in [-0.2, -0.15) is 11.1 Å². The Hall–Kier alpha value is 0.684. The molecule has 0 aliphatic rings. The predicted octanol–water partition coefficient (Wildman–Crippen LogP) is 3.24. The monoisotopic (exact) mass is 223 g/mol. The minimum absolute atomic E-state index is 1.03. The molecule has 74 valence electrons. The van der Waals surface area contributed by atoms with Gasteiger partial charge in [-0.15, -0.1) is 0 Å². The van der Waals surface area contributed by atoms with Crippen LogP contribution in [0.4, 0.5) is 0 Å². The summed E-state index contributed by atoms with van der Waals surface area (Å²) in [6.07, 6.45) is 1.24. The van der Waals surface area contributed by atoms with Crippen molar-refractivity contribution in [2.45, 2.75) is 45.2 Å². The summed E-state index contributed by atoms with van der Waals surface area (Å²) >= 11 is 6.21. The molecule has 0 saturated heterocycles. The lowest BCUT2D eigenvalue weighted by molar-refractivity contribution is 0.832. The average Bonchev–Trinajstić information content (AvgIpc) is 1.76. The third kappa shape index (κ3) is 10.7. The van der Waals surface area contributed by atoms with Crippen LogP contribution in [-0.4, -0.2) is 22.2 Å². The Morgan fingerprint density at radius 3 is 1.92 bits per heavy atom. The Balaban J connectivity index is 3.35. The molecule has 0 unspecified atom stereocenters. The molecule has 0 saturated carbocycles. The highest BCUT2D eigenvalue weighted by molar-refractivity contribution is 7.19. The third-order valence-electron chi connectivity index (χ3n) is 1.60. The standard InChI is InChI=1S/C8H22ClNSi2/c1-11(2,3)10-7-6-8-12(4,5)9/h10H,6-8H2,1-5H3. The first kappa shape index (κ1) is 12.7. The van der Waals surface area contributed by atoms with Gasteiger partial charge in [0.25, 0.3) is 0 Å². The van der Waals surface area contributed by atoms with Gasteiger partial charge in [0.1, 0.15) is 8.24 Å². The normalized spacial score (nSPS) is 13.5. The van der Waals surface area contributed by atoms with E-state index in [4.69, 9.17) is 11.1 Å². The Kier molecular flexibility index (Phi) is 5.06. The fraction of sp³-hybridized carbons (Fsp3) is 1.00. The van der Waals surface area contributed by atoms with E-state index in [1.807, 2.05) is 0 Å². The van der Waals surface area contributed by atoms with Gasteiger partial charge < -0.3 is 4.98 Å². The smallest absolute Gasteiger partial charge is 0.150 e. The first-order valence-corrected chi connectivity index (χ1v) is 12.4. The zero-order chi connectivity index (χ0) is 9.83. The fourth-order valence-electron chi connectivity index (χ4n) is 0.972. The molecule has 0 aromatic heterocycles. The van der Waals surface area contributed by atoms with Crippen molar-refractivity contribution in [1.82, 2.24) is 4.98 Å². The van der Waals surface area contributed by atoms with Crippen molar-refractivity contribution in [2.24, 2.45) is 0 Å². The molecule has 0 aliphatic carbocycles. The lowest BCUT2D eigenvalue weighted by Crippen LogP contribution is -2.42. The molecule has 1 N–H and O–H groups in total. The van der Waals surface area contributed by atoms with Gasteiger partial charge in [-0.05, 0) is 19.0 Å². The maximum atomic E-state index is 6.21. The van der Waals surface area contributed by atoms with Crippen molar-refractivity contribution in [3.8, 4) is 0 Å². The molecule has 0 amide bonds. The van der Waals surface area contributed by atoms with Crippen molar-refractivity contribution in [2.75, 3.05) is 6.54 Å². The molecule has 0 bridgehead atoms. The van der Waals surface area contributed by atoms with Gasteiger partial charge in [0.2, 0.25) is 0 Å². The van der Waals surface area contributed by atoms with E-state index in [2.05, 4.69) is 37.7 Å². The summed E-state index contributed by atoms with van der Waals surface area (Å²) in [5, 5.41) is 0. The average molecular weight is 224 g/mol. The highest BCUT2D eigenvalue weighted by Gasteiger charge is 2.17. The van der Waals surface area contributed by atoms with Gasteiger partial charge in [-0.3, -0.25) is 0 Å². The minimum Gasteiger partial charge on any atom is -0.337 e. The van der Waals surface area contributed by atoms with E-state index in [1.165, 1.54) is 12.5 Å². The van der Waals surface area contributed by atoms with Crippen molar-refractivity contribution in [3.63, 3.8) is 0 Å². The predicted molar refractivity (Wildman–Crippen MR) is 64.1 cm³/mol. The fourth-order valence-corrected chi connectivity index (χ4v) is 3.32. The first-order valence-electron chi connectivity index (χ1n) is 4.65. The van der Waals surface area contributed by atoms with Crippen LogP contribution < -0.4 is 4.98 Å². The SMILES string of the molecule is C[Si](C)(Cl)CCCN[Si](C)(C)C. The van der Waals surface area contributed by atoms with Gasteiger partial charge in [0.15, 0.2) is 7.38 Å². The summed E-state index contributed by atoms with van der Waals surface area (Å²) < 4.78 is 0. The van der Waals surface area contributed by atoms with Crippen molar-refractivity contribution in [1.29, 1.82) is 0 Å². The van der Waals surface area contributed by atoms with Gasteiger partial charge in [-0.1, -0.05) is 32.7 Å². The van der Waals surface area contributed by atoms with Crippen LogP contribution in [0.25, 0.3) is 0 Å². The number of rotatable bonds is 5. The Morgan fingerprint density at radius 1 is 1.08 bits per heavy atom. The molecule has 0 rings (SSSR count). The van der Waals surface area contributed by atoms with E-state index in [0.717, 1.165) is 6.54 Å². The second-order valence-electron chi connectivity index (χ2n) is 5.00. The summed E-state index contributed by atoms with van der Waals surface area (Å²) in [5.74, 6) is 0. The van der Waals surface area contributed by atoms with Crippen LogP contribution in [0.5, 0.6) is 0 Å². The Bertz CT molecular complexity index is 110. The van der Waals surface area contributed by atoms with E-state index in [0.29, 0.717) is 0 Å². The van der Waals surface area contributed by atoms with Crippen molar-refractivity contribution < 1.29 is 0 Å². The summed E-state index contributed by atoms with van der Waals surface area (Å²) in [5.41, 5.74) is 0. The third-order valence-corrected chi connectivity index (χ3v) is 5.02. The number of hydrogen-bond acceptors (Lipinski definition) is 1. The molecule has 0 spiro atoms. The summed E-state index contributed by atoms with van der Waals surface area (Å²) in [4.78, 5) is 3.60. The van der Waals surface area contributed by atoms with E-state index in [1.54, 1.807) is 0 Å². The van der Waals surface area contributed by atoms with Gasteiger partial charge >= 0.3 is 0 Å². The van der Waals surface area contributed by atoms with Crippen LogP contribution in [0.15, 0.2) is 0 Å². The van der Waals surface area contributed by atoms with Crippen LogP contribution in [-0.2, 0) is 0 Å². The molecular weight excluding hydrogens is 202 g/mol. The molecule has 0 fully saturated rings. The van der Waals surface area contributed by atoms with Crippen LogP contribution in [0.2, 0.25) is 38.8 Å². The topological polar surface area (TPSA) is 12.0 Å². The molecule has 1 nitrogen and oxygen atoms in total. The second kappa shape index (κ2) is 4.79. The quantitative estimate of drug-likeness (QED) is 0.429. The van der Waals surface area contributed by atoms with Crippen LogP contribution in [0.1, 0.15) is 6.42 Å². The summed E-state index contributed by atoms with van der Waals surface area (Å²) in [6, 6.07) is 1.23. The van der Waals surface area contributed by atoms with Crippen LogP contribution >= 0.6 is 11.1 Å². The lowest BCUT2D eigenvalue weighted by Gasteiger charge is -2.19. The Morgan fingerprint density at radius 2 is 1.58 bits per heavy atom. The van der Waals surface area contributed by atoms with E-state index >= 15 is 0 Å². The first-order chi connectivity index (χ1) is 5.21. The zero-order valence-electron chi connectivity index (χ0n) is 9.00. The molecule has 0 atom stereocenters. The van der Waals surface area contributed by atoms with Crippen molar-refractivity contribution in [3.05, 3.63) is 0 Å². The maximum absolute atomic E-state index is 6.21.